The van der Waals surface area contributed by atoms with Crippen LogP contribution in [0.2, 0.25) is 0 Å². The number of carbonyl (C=O) groups excluding carboxylic acids is 1. The molecule has 4 aromatic rings. The molecule has 0 bridgehead atoms. The number of benzene rings is 3. The van der Waals surface area contributed by atoms with E-state index in [1.54, 1.807) is 6.92 Å². The van der Waals surface area contributed by atoms with Crippen LogP contribution in [0.4, 0.5) is 5.69 Å². The molecule has 1 fully saturated rings. The van der Waals surface area contributed by atoms with Crippen LogP contribution in [0.5, 0.6) is 0 Å². The Bertz CT molecular complexity index is 1320. The van der Waals surface area contributed by atoms with Crippen LogP contribution in [0.1, 0.15) is 22.8 Å². The Morgan fingerprint density at radius 1 is 1.00 bits per heavy atom. The fourth-order valence-corrected chi connectivity index (χ4v) is 5.04. The average molecular weight is 495 g/mol. The second-order valence-electron chi connectivity index (χ2n) is 9.61. The first-order valence-electron chi connectivity index (χ1n) is 13.0. The summed E-state index contributed by atoms with van der Waals surface area (Å²) in [6, 6.07) is 30.5. The quantitative estimate of drug-likeness (QED) is 0.335. The van der Waals surface area contributed by atoms with Gasteiger partial charge in [-0.2, -0.15) is 0 Å². The first-order chi connectivity index (χ1) is 18.1. The first kappa shape index (κ1) is 24.8. The molecule has 1 aliphatic rings. The molecule has 3 aromatic carbocycles. The molecule has 1 saturated heterocycles. The van der Waals surface area contributed by atoms with E-state index in [1.807, 2.05) is 90.0 Å². The average Bonchev–Trinajstić information content (AvgIpc) is 3.38. The van der Waals surface area contributed by atoms with E-state index >= 15 is 0 Å². The molecule has 1 amide bonds. The summed E-state index contributed by atoms with van der Waals surface area (Å²) in [5.74, 6) is 0.0504. The zero-order chi connectivity index (χ0) is 25.6. The zero-order valence-corrected chi connectivity index (χ0v) is 21.2. The molecule has 0 radical (unpaired) electrons. The summed E-state index contributed by atoms with van der Waals surface area (Å²) in [7, 11) is 0. The van der Waals surface area contributed by atoms with Gasteiger partial charge in [0.15, 0.2) is 0 Å². The molecule has 5 rings (SSSR count). The molecule has 6 nitrogen and oxygen atoms in total. The summed E-state index contributed by atoms with van der Waals surface area (Å²) in [5.41, 5.74) is 5.61. The smallest absolute Gasteiger partial charge is 0.256 e. The number of amides is 1. The fourth-order valence-electron chi connectivity index (χ4n) is 5.04. The van der Waals surface area contributed by atoms with E-state index in [-0.39, 0.29) is 11.9 Å². The lowest BCUT2D eigenvalue weighted by Gasteiger charge is -2.36. The summed E-state index contributed by atoms with van der Waals surface area (Å²) >= 11 is 0. The number of rotatable bonds is 8. The predicted octanol–water partition coefficient (Wildman–Crippen LogP) is 4.59. The Morgan fingerprint density at radius 2 is 1.70 bits per heavy atom. The monoisotopic (exact) mass is 494 g/mol. The molecule has 1 aliphatic heterocycles. The van der Waals surface area contributed by atoms with Crippen LogP contribution in [0.3, 0.4) is 0 Å². The van der Waals surface area contributed by atoms with Gasteiger partial charge in [0.25, 0.3) is 5.91 Å². The van der Waals surface area contributed by atoms with Gasteiger partial charge >= 0.3 is 0 Å². The summed E-state index contributed by atoms with van der Waals surface area (Å²) in [6.45, 7) is 4.42. The van der Waals surface area contributed by atoms with Gasteiger partial charge in [-0.05, 0) is 42.7 Å². The highest BCUT2D eigenvalue weighted by atomic mass is 16.3. The van der Waals surface area contributed by atoms with Crippen LogP contribution in [0.25, 0.3) is 16.9 Å². The van der Waals surface area contributed by atoms with Crippen molar-refractivity contribution in [1.29, 1.82) is 0 Å². The second-order valence-corrected chi connectivity index (χ2v) is 9.61. The van der Waals surface area contributed by atoms with Crippen LogP contribution >= 0.6 is 0 Å². The van der Waals surface area contributed by atoms with E-state index in [0.717, 1.165) is 42.1 Å². The Morgan fingerprint density at radius 3 is 2.46 bits per heavy atom. The number of hydrogen-bond donors (Lipinski definition) is 3. The van der Waals surface area contributed by atoms with Crippen molar-refractivity contribution in [3.63, 3.8) is 0 Å². The number of anilines is 1. The predicted molar refractivity (Wildman–Crippen MR) is 149 cm³/mol. The van der Waals surface area contributed by atoms with Crippen molar-refractivity contribution < 1.29 is 9.90 Å². The third-order valence-corrected chi connectivity index (χ3v) is 6.84. The minimum atomic E-state index is -0.474. The Hall–Kier alpha value is -3.87. The van der Waals surface area contributed by atoms with Gasteiger partial charge in [-0.25, -0.2) is 0 Å². The van der Waals surface area contributed by atoms with Crippen molar-refractivity contribution in [3.05, 3.63) is 108 Å². The lowest BCUT2D eigenvalue weighted by Crippen LogP contribution is -2.54. The van der Waals surface area contributed by atoms with Crippen LogP contribution in [0, 0.1) is 0 Å². The van der Waals surface area contributed by atoms with Crippen molar-refractivity contribution in [2.45, 2.75) is 25.5 Å². The van der Waals surface area contributed by atoms with E-state index in [4.69, 9.17) is 0 Å². The third-order valence-electron chi connectivity index (χ3n) is 6.84. The lowest BCUT2D eigenvalue weighted by molar-refractivity contribution is 0.0637. The van der Waals surface area contributed by atoms with Crippen LogP contribution in [0.15, 0.2) is 97.2 Å². The van der Waals surface area contributed by atoms with Crippen molar-refractivity contribution in [2.24, 2.45) is 0 Å². The van der Waals surface area contributed by atoms with E-state index < -0.39 is 6.10 Å². The number of carbonyl (C=O) groups is 1. The van der Waals surface area contributed by atoms with Gasteiger partial charge in [0, 0.05) is 38.4 Å². The van der Waals surface area contributed by atoms with Gasteiger partial charge in [0.2, 0.25) is 0 Å². The summed E-state index contributed by atoms with van der Waals surface area (Å²) in [5, 5.41) is 16.7. The molecule has 0 aliphatic carbocycles. The molecular formula is C31H34N4O2. The maximum Gasteiger partial charge on any atom is 0.256 e. The molecular weight excluding hydrogens is 460 g/mol. The van der Waals surface area contributed by atoms with Gasteiger partial charge in [-0.3, -0.25) is 4.79 Å². The molecule has 37 heavy (non-hydrogen) atoms. The first-order valence-corrected chi connectivity index (χ1v) is 13.0. The van der Waals surface area contributed by atoms with Gasteiger partial charge in [0.1, 0.15) is 0 Å². The molecule has 0 saturated carbocycles. The van der Waals surface area contributed by atoms with Crippen LogP contribution < -0.4 is 10.6 Å². The highest BCUT2D eigenvalue weighted by molar-refractivity contribution is 6.01. The largest absolute Gasteiger partial charge is 0.392 e. The van der Waals surface area contributed by atoms with Gasteiger partial charge in [-0.15, -0.1) is 0 Å². The highest BCUT2D eigenvalue weighted by Gasteiger charge is 2.30. The Labute approximate surface area is 218 Å². The molecule has 2 atom stereocenters. The fraction of sp³-hybridized carbons (Fsp3) is 0.258. The maximum atomic E-state index is 14.2. The highest BCUT2D eigenvalue weighted by Crippen LogP contribution is 2.32. The number of piperazine rings is 1. The molecule has 0 unspecified atom stereocenters. The molecule has 190 valence electrons. The van der Waals surface area contributed by atoms with Crippen molar-refractivity contribution in [3.8, 4) is 16.9 Å². The lowest BCUT2D eigenvalue weighted by atomic mass is 10.0. The SMILES string of the molecule is C[C@@H](O)CNc1ccccc1-n1ccc(C(=O)N2CCNC[C@H]2Cc2ccccc2)c1-c1ccccc1. The molecule has 1 aromatic heterocycles. The normalized spacial score (nSPS) is 16.4. The minimum absolute atomic E-state index is 0.0504. The molecule has 3 N–H and O–H groups in total. The third kappa shape index (κ3) is 5.61. The van der Waals surface area contributed by atoms with E-state index in [0.29, 0.717) is 18.7 Å². The number of nitrogens with zero attached hydrogens (tertiary/aromatic N) is 2. The number of hydrogen-bond acceptors (Lipinski definition) is 4. The molecule has 2 heterocycles. The standard InChI is InChI=1S/C31H34N4O2/c1-23(36)21-33-28-14-8-9-15-29(28)35-18-16-27(30(35)25-12-6-3-7-13-25)31(37)34-19-17-32-22-26(34)20-24-10-4-2-5-11-24/h2-16,18,23,26,32-33,36H,17,19-22H2,1H3/t23-,26-/m1/s1. The van der Waals surface area contributed by atoms with Crippen LogP contribution in [-0.2, 0) is 6.42 Å². The van der Waals surface area contributed by atoms with Gasteiger partial charge in [-0.1, -0.05) is 72.8 Å². The summed E-state index contributed by atoms with van der Waals surface area (Å²) < 4.78 is 2.08. The summed E-state index contributed by atoms with van der Waals surface area (Å²) in [6.07, 6.45) is 2.32. The number of para-hydroxylation sites is 2. The number of aromatic nitrogens is 1. The van der Waals surface area contributed by atoms with Crippen molar-refractivity contribution >= 4 is 11.6 Å². The van der Waals surface area contributed by atoms with Gasteiger partial charge in [0.05, 0.1) is 28.7 Å². The topological polar surface area (TPSA) is 69.5 Å². The molecule has 6 heteroatoms. The van der Waals surface area contributed by atoms with Crippen LogP contribution in [-0.4, -0.2) is 58.8 Å². The number of aliphatic hydroxyl groups excluding tert-OH is 1. The van der Waals surface area contributed by atoms with E-state index in [1.165, 1.54) is 5.56 Å². The van der Waals surface area contributed by atoms with Crippen molar-refractivity contribution in [2.75, 3.05) is 31.5 Å². The zero-order valence-electron chi connectivity index (χ0n) is 21.2. The van der Waals surface area contributed by atoms with E-state index in [2.05, 4.69) is 27.3 Å². The Balaban J connectivity index is 1.54. The van der Waals surface area contributed by atoms with Crippen molar-refractivity contribution in [1.82, 2.24) is 14.8 Å². The minimum Gasteiger partial charge on any atom is -0.392 e. The maximum absolute atomic E-state index is 14.2. The number of nitrogens with one attached hydrogen (secondary N) is 2. The molecule has 0 spiro atoms. The summed E-state index contributed by atoms with van der Waals surface area (Å²) in [4.78, 5) is 16.2. The Kier molecular flexibility index (Phi) is 7.68. The van der Waals surface area contributed by atoms with E-state index in [9.17, 15) is 9.90 Å². The number of aliphatic hydroxyl groups is 1. The van der Waals surface area contributed by atoms with Gasteiger partial charge < -0.3 is 25.2 Å². The second kappa shape index (κ2) is 11.5.